The van der Waals surface area contributed by atoms with Crippen LogP contribution in [0.4, 0.5) is 0 Å². The van der Waals surface area contributed by atoms with Gasteiger partial charge >= 0.3 is 0 Å². The van der Waals surface area contributed by atoms with E-state index in [4.69, 9.17) is 13.9 Å². The monoisotopic (exact) mass is 301 g/mol. The second-order valence-corrected chi connectivity index (χ2v) is 5.36. The van der Waals surface area contributed by atoms with Gasteiger partial charge < -0.3 is 19.2 Å². The zero-order valence-corrected chi connectivity index (χ0v) is 12.5. The molecule has 1 aliphatic rings. The van der Waals surface area contributed by atoms with Crippen LogP contribution in [0.3, 0.4) is 0 Å². The Hall–Kier alpha value is -2.43. The molecular weight excluding hydrogens is 282 g/mol. The predicted octanol–water partition coefficient (Wildman–Crippen LogP) is 3.01. The molecule has 5 heteroatoms. The van der Waals surface area contributed by atoms with Gasteiger partial charge in [0.05, 0.1) is 7.11 Å². The van der Waals surface area contributed by atoms with Crippen LogP contribution < -0.4 is 14.8 Å². The van der Waals surface area contributed by atoms with E-state index >= 15 is 0 Å². The average Bonchev–Trinajstić information content (AvgIpc) is 3.26. The van der Waals surface area contributed by atoms with Gasteiger partial charge in [-0.15, -0.1) is 0 Å². The largest absolute Gasteiger partial charge is 0.493 e. The molecule has 0 spiro atoms. The highest BCUT2D eigenvalue weighted by molar-refractivity contribution is 5.91. The Bertz CT molecular complexity index is 646. The van der Waals surface area contributed by atoms with Crippen molar-refractivity contribution in [1.29, 1.82) is 0 Å². The lowest BCUT2D eigenvalue weighted by molar-refractivity contribution is 0.0920. The molecule has 1 fully saturated rings. The van der Waals surface area contributed by atoms with Crippen LogP contribution >= 0.6 is 0 Å². The first kappa shape index (κ1) is 14.5. The van der Waals surface area contributed by atoms with Crippen LogP contribution in [0.15, 0.2) is 40.8 Å². The van der Waals surface area contributed by atoms with E-state index in [1.165, 1.54) is 12.8 Å². The van der Waals surface area contributed by atoms with Crippen molar-refractivity contribution in [2.75, 3.05) is 13.7 Å². The number of ether oxygens (including phenoxy) is 2. The summed E-state index contributed by atoms with van der Waals surface area (Å²) < 4.78 is 16.4. The number of furan rings is 1. The van der Waals surface area contributed by atoms with Crippen LogP contribution in [-0.4, -0.2) is 19.6 Å². The molecule has 1 aromatic carbocycles. The van der Waals surface area contributed by atoms with Crippen molar-refractivity contribution < 1.29 is 18.7 Å². The molecule has 1 saturated carbocycles. The number of hydrogen-bond donors (Lipinski definition) is 1. The molecule has 1 heterocycles. The van der Waals surface area contributed by atoms with Gasteiger partial charge in [0.15, 0.2) is 17.3 Å². The Morgan fingerprint density at radius 1 is 1.23 bits per heavy atom. The maximum atomic E-state index is 11.9. The van der Waals surface area contributed by atoms with Crippen molar-refractivity contribution >= 4 is 5.91 Å². The number of rotatable bonds is 7. The van der Waals surface area contributed by atoms with Gasteiger partial charge in [-0.2, -0.15) is 0 Å². The fraction of sp³-hybridized carbons (Fsp3) is 0.353. The van der Waals surface area contributed by atoms with Crippen molar-refractivity contribution in [3.8, 4) is 11.5 Å². The summed E-state index contributed by atoms with van der Waals surface area (Å²) in [6, 6.07) is 10.8. The molecule has 0 unspecified atom stereocenters. The summed E-state index contributed by atoms with van der Waals surface area (Å²) in [5.41, 5.74) is 0. The van der Waals surface area contributed by atoms with Crippen LogP contribution in [0, 0.1) is 5.92 Å². The highest BCUT2D eigenvalue weighted by Gasteiger charge is 2.22. The Labute approximate surface area is 129 Å². The third-order valence-electron chi connectivity index (χ3n) is 3.57. The molecule has 0 radical (unpaired) electrons. The first-order valence-corrected chi connectivity index (χ1v) is 7.39. The molecular formula is C17H19NO4. The lowest BCUT2D eigenvalue weighted by Gasteiger charge is -2.08. The van der Waals surface area contributed by atoms with Gasteiger partial charge in [0.1, 0.15) is 12.4 Å². The molecule has 1 amide bonds. The zero-order valence-electron chi connectivity index (χ0n) is 12.5. The van der Waals surface area contributed by atoms with E-state index in [2.05, 4.69) is 5.32 Å². The Kier molecular flexibility index (Phi) is 4.32. The summed E-state index contributed by atoms with van der Waals surface area (Å²) >= 11 is 0. The van der Waals surface area contributed by atoms with E-state index in [0.29, 0.717) is 28.9 Å². The summed E-state index contributed by atoms with van der Waals surface area (Å²) in [6.07, 6.45) is 2.41. The minimum atomic E-state index is -0.171. The third kappa shape index (κ3) is 3.61. The van der Waals surface area contributed by atoms with Crippen LogP contribution in [0.5, 0.6) is 11.5 Å². The molecule has 5 nitrogen and oxygen atoms in total. The molecule has 1 aromatic heterocycles. The fourth-order valence-corrected chi connectivity index (χ4v) is 2.11. The van der Waals surface area contributed by atoms with E-state index in [0.717, 1.165) is 6.54 Å². The predicted molar refractivity (Wildman–Crippen MR) is 81.1 cm³/mol. The van der Waals surface area contributed by atoms with Gasteiger partial charge in [-0.3, -0.25) is 4.79 Å². The first-order chi connectivity index (χ1) is 10.8. The lowest BCUT2D eigenvalue weighted by atomic mass is 10.3. The molecule has 0 aliphatic heterocycles. The van der Waals surface area contributed by atoms with Crippen LogP contribution in [-0.2, 0) is 6.61 Å². The summed E-state index contributed by atoms with van der Waals surface area (Å²) in [4.78, 5) is 11.9. The number of carbonyl (C=O) groups excluding carboxylic acids is 1. The third-order valence-corrected chi connectivity index (χ3v) is 3.57. The Morgan fingerprint density at radius 2 is 2.00 bits per heavy atom. The van der Waals surface area contributed by atoms with Crippen molar-refractivity contribution in [2.45, 2.75) is 19.4 Å². The smallest absolute Gasteiger partial charge is 0.287 e. The maximum absolute atomic E-state index is 11.9. The number of methoxy groups -OCH3 is 1. The number of carbonyl (C=O) groups is 1. The minimum absolute atomic E-state index is 0.171. The topological polar surface area (TPSA) is 60.7 Å². The second-order valence-electron chi connectivity index (χ2n) is 5.36. The Balaban J connectivity index is 1.55. The van der Waals surface area contributed by atoms with Crippen molar-refractivity contribution in [3.63, 3.8) is 0 Å². The van der Waals surface area contributed by atoms with Gasteiger partial charge in [0.2, 0.25) is 0 Å². The van der Waals surface area contributed by atoms with Gasteiger partial charge in [-0.1, -0.05) is 12.1 Å². The molecule has 1 aliphatic carbocycles. The summed E-state index contributed by atoms with van der Waals surface area (Å²) in [7, 11) is 1.59. The molecule has 2 aromatic rings. The standard InChI is InChI=1S/C17H19NO4/c1-20-14-4-2-3-5-15(14)21-11-13-8-9-16(22-13)17(19)18-10-12-6-7-12/h2-5,8-9,12H,6-7,10-11H2,1H3,(H,18,19). The van der Waals surface area contributed by atoms with E-state index in [9.17, 15) is 4.79 Å². The normalized spacial score (nSPS) is 13.7. The van der Waals surface area contributed by atoms with E-state index in [1.54, 1.807) is 19.2 Å². The number of benzene rings is 1. The van der Waals surface area contributed by atoms with E-state index in [1.807, 2.05) is 24.3 Å². The average molecular weight is 301 g/mol. The highest BCUT2D eigenvalue weighted by atomic mass is 16.5. The number of amides is 1. The molecule has 22 heavy (non-hydrogen) atoms. The summed E-state index contributed by atoms with van der Waals surface area (Å²) in [5, 5.41) is 2.87. The van der Waals surface area contributed by atoms with Gasteiger partial charge in [-0.25, -0.2) is 0 Å². The first-order valence-electron chi connectivity index (χ1n) is 7.39. The number of hydrogen-bond acceptors (Lipinski definition) is 4. The number of nitrogens with one attached hydrogen (secondary N) is 1. The highest BCUT2D eigenvalue weighted by Crippen LogP contribution is 2.28. The molecule has 0 saturated heterocycles. The molecule has 0 bridgehead atoms. The lowest BCUT2D eigenvalue weighted by Crippen LogP contribution is -2.24. The maximum Gasteiger partial charge on any atom is 0.287 e. The molecule has 116 valence electrons. The van der Waals surface area contributed by atoms with Crippen LogP contribution in [0.2, 0.25) is 0 Å². The van der Waals surface area contributed by atoms with Gasteiger partial charge in [-0.05, 0) is 43.0 Å². The van der Waals surface area contributed by atoms with E-state index < -0.39 is 0 Å². The Morgan fingerprint density at radius 3 is 2.73 bits per heavy atom. The van der Waals surface area contributed by atoms with Crippen LogP contribution in [0.25, 0.3) is 0 Å². The molecule has 3 rings (SSSR count). The zero-order chi connectivity index (χ0) is 15.4. The molecule has 0 atom stereocenters. The minimum Gasteiger partial charge on any atom is -0.493 e. The number of para-hydroxylation sites is 2. The molecule has 1 N–H and O–H groups in total. The SMILES string of the molecule is COc1ccccc1OCc1ccc(C(=O)NCC2CC2)o1. The van der Waals surface area contributed by atoms with E-state index in [-0.39, 0.29) is 12.5 Å². The van der Waals surface area contributed by atoms with Gasteiger partial charge in [0.25, 0.3) is 5.91 Å². The van der Waals surface area contributed by atoms with Crippen molar-refractivity contribution in [1.82, 2.24) is 5.32 Å². The van der Waals surface area contributed by atoms with Crippen LogP contribution in [0.1, 0.15) is 29.2 Å². The quantitative estimate of drug-likeness (QED) is 0.854. The van der Waals surface area contributed by atoms with Crippen molar-refractivity contribution in [3.05, 3.63) is 47.9 Å². The fourth-order valence-electron chi connectivity index (χ4n) is 2.11. The summed E-state index contributed by atoms with van der Waals surface area (Å²) in [6.45, 7) is 0.975. The van der Waals surface area contributed by atoms with Gasteiger partial charge in [0, 0.05) is 6.54 Å². The second kappa shape index (κ2) is 6.56. The summed E-state index contributed by atoms with van der Waals surface area (Å²) in [5.74, 6) is 2.70. The van der Waals surface area contributed by atoms with Crippen molar-refractivity contribution in [2.24, 2.45) is 5.92 Å².